The van der Waals surface area contributed by atoms with Crippen molar-refractivity contribution in [3.05, 3.63) is 11.6 Å². The first-order valence-electron chi connectivity index (χ1n) is 8.02. The number of hydrogen-bond acceptors (Lipinski definition) is 4. The van der Waals surface area contributed by atoms with Crippen LogP contribution in [0.4, 0.5) is 0 Å². The minimum Gasteiger partial charge on any atom is -0.478 e. The van der Waals surface area contributed by atoms with Crippen LogP contribution in [0.1, 0.15) is 47.0 Å². The number of rotatable bonds is 8. The van der Waals surface area contributed by atoms with Crippen LogP contribution >= 0.6 is 0 Å². The van der Waals surface area contributed by atoms with Crippen LogP contribution in [0.5, 0.6) is 0 Å². The third-order valence-electron chi connectivity index (χ3n) is 3.96. The van der Waals surface area contributed by atoms with E-state index in [-0.39, 0.29) is 24.1 Å². The number of carbonyl (C=O) groups excluding carboxylic acids is 1. The van der Waals surface area contributed by atoms with Gasteiger partial charge in [-0.25, -0.2) is 4.79 Å². The lowest BCUT2D eigenvalue weighted by atomic mass is 9.87. The maximum absolute atomic E-state index is 11.5. The lowest BCUT2D eigenvalue weighted by Crippen LogP contribution is -2.58. The summed E-state index contributed by atoms with van der Waals surface area (Å²) in [6, 6.07) is -0.412. The van der Waals surface area contributed by atoms with Crippen molar-refractivity contribution in [2.45, 2.75) is 71.2 Å². The molecule has 22 heavy (non-hydrogen) atoms. The quantitative estimate of drug-likeness (QED) is 0.631. The molecule has 0 aromatic carbocycles. The van der Waals surface area contributed by atoms with E-state index in [1.807, 2.05) is 20.8 Å². The normalized spacial score (nSPS) is 25.0. The van der Waals surface area contributed by atoms with E-state index in [1.54, 1.807) is 6.08 Å². The largest absolute Gasteiger partial charge is 0.478 e. The zero-order chi connectivity index (χ0) is 16.7. The Hall–Kier alpha value is -1.40. The average molecular weight is 312 g/mol. The van der Waals surface area contributed by atoms with Gasteiger partial charge in [0, 0.05) is 18.5 Å². The summed E-state index contributed by atoms with van der Waals surface area (Å²) in [5, 5.41) is 15.5. The van der Waals surface area contributed by atoms with Gasteiger partial charge >= 0.3 is 5.97 Å². The molecule has 1 rings (SSSR count). The van der Waals surface area contributed by atoms with E-state index < -0.39 is 12.1 Å². The number of carbonyl (C=O) groups is 2. The number of likely N-dealkylation sites (N-methyl/N-ethyl adjacent to an activating group) is 1. The summed E-state index contributed by atoms with van der Waals surface area (Å²) in [5.41, 5.74) is 0.337. The fraction of sp³-hybridized carbons (Fsp3) is 0.750. The van der Waals surface area contributed by atoms with Crippen molar-refractivity contribution in [3.63, 3.8) is 0 Å². The highest BCUT2D eigenvalue weighted by Crippen LogP contribution is 2.24. The third kappa shape index (κ3) is 5.10. The second-order valence-electron chi connectivity index (χ2n) is 5.63. The highest BCUT2D eigenvalue weighted by atomic mass is 16.5. The molecular weight excluding hydrogens is 284 g/mol. The molecule has 1 aliphatic rings. The zero-order valence-corrected chi connectivity index (χ0v) is 13.9. The fourth-order valence-electron chi connectivity index (χ4n) is 2.83. The van der Waals surface area contributed by atoms with Crippen molar-refractivity contribution < 1.29 is 19.4 Å². The van der Waals surface area contributed by atoms with Crippen molar-refractivity contribution in [1.29, 1.82) is 0 Å². The summed E-state index contributed by atoms with van der Waals surface area (Å²) < 4.78 is 6.07. The molecule has 6 heteroatoms. The summed E-state index contributed by atoms with van der Waals surface area (Å²) in [6.07, 6.45) is 3.33. The van der Waals surface area contributed by atoms with Gasteiger partial charge in [0.05, 0.1) is 18.2 Å². The van der Waals surface area contributed by atoms with Gasteiger partial charge in [-0.05, 0) is 31.9 Å². The number of aliphatic carboxylic acids is 1. The molecule has 0 aromatic rings. The highest BCUT2D eigenvalue weighted by Gasteiger charge is 2.36. The van der Waals surface area contributed by atoms with E-state index in [4.69, 9.17) is 4.74 Å². The first kappa shape index (κ1) is 18.6. The summed E-state index contributed by atoms with van der Waals surface area (Å²) in [4.78, 5) is 22.9. The Morgan fingerprint density at radius 3 is 2.45 bits per heavy atom. The molecule has 3 atom stereocenters. The number of nitrogens with one attached hydrogen (secondary N) is 2. The number of ether oxygens (including phenoxy) is 1. The van der Waals surface area contributed by atoms with Gasteiger partial charge < -0.3 is 20.5 Å². The van der Waals surface area contributed by atoms with E-state index in [2.05, 4.69) is 10.6 Å². The minimum absolute atomic E-state index is 0.0490. The third-order valence-corrected chi connectivity index (χ3v) is 3.96. The van der Waals surface area contributed by atoms with Gasteiger partial charge in [0.2, 0.25) is 5.91 Å². The standard InChI is InChI=1S/C16H28N2O4/c1-5-12(6-2)22-14-9-11(16(20)21)8-13(17-7-3)15(14)18-10(4)19/h9,12-15,17H,5-8H2,1-4H3,(H,18,19)(H,20,21)/t13-,14+,15+/m0/s1. The predicted molar refractivity (Wildman–Crippen MR) is 84.6 cm³/mol. The smallest absolute Gasteiger partial charge is 0.331 e. The molecule has 1 aliphatic carbocycles. The van der Waals surface area contributed by atoms with Crippen molar-refractivity contribution in [2.75, 3.05) is 6.54 Å². The van der Waals surface area contributed by atoms with Gasteiger partial charge in [0.15, 0.2) is 0 Å². The molecule has 1 amide bonds. The maximum atomic E-state index is 11.5. The number of amides is 1. The molecule has 126 valence electrons. The van der Waals surface area contributed by atoms with Crippen LogP contribution in [-0.4, -0.2) is 47.8 Å². The van der Waals surface area contributed by atoms with Crippen LogP contribution in [0, 0.1) is 0 Å². The Labute approximate surface area is 132 Å². The van der Waals surface area contributed by atoms with Crippen LogP contribution in [0.3, 0.4) is 0 Å². The van der Waals surface area contributed by atoms with Crippen molar-refractivity contribution >= 4 is 11.9 Å². The number of hydrogen-bond donors (Lipinski definition) is 3. The van der Waals surface area contributed by atoms with Crippen molar-refractivity contribution in [3.8, 4) is 0 Å². The van der Waals surface area contributed by atoms with E-state index in [9.17, 15) is 14.7 Å². The Kier molecular flexibility index (Phi) is 7.55. The van der Waals surface area contributed by atoms with Gasteiger partial charge in [-0.2, -0.15) is 0 Å². The Morgan fingerprint density at radius 1 is 1.36 bits per heavy atom. The van der Waals surface area contributed by atoms with E-state index in [0.29, 0.717) is 18.5 Å². The van der Waals surface area contributed by atoms with Gasteiger partial charge in [-0.1, -0.05) is 20.8 Å². The monoisotopic (exact) mass is 312 g/mol. The molecule has 6 nitrogen and oxygen atoms in total. The molecule has 0 aliphatic heterocycles. The Bertz CT molecular complexity index is 418. The topological polar surface area (TPSA) is 87.7 Å². The molecule has 0 aromatic heterocycles. The summed E-state index contributed by atoms with van der Waals surface area (Å²) >= 11 is 0. The molecule has 0 heterocycles. The van der Waals surface area contributed by atoms with Crippen molar-refractivity contribution in [1.82, 2.24) is 10.6 Å². The highest BCUT2D eigenvalue weighted by molar-refractivity contribution is 5.87. The van der Waals surface area contributed by atoms with Gasteiger partial charge in [0.1, 0.15) is 0 Å². The van der Waals surface area contributed by atoms with Crippen LogP contribution in [0.25, 0.3) is 0 Å². The van der Waals surface area contributed by atoms with Crippen LogP contribution in [0.15, 0.2) is 11.6 Å². The lowest BCUT2D eigenvalue weighted by molar-refractivity contribution is -0.133. The molecule has 0 saturated heterocycles. The Morgan fingerprint density at radius 2 is 2.00 bits per heavy atom. The number of carboxylic acids is 1. The van der Waals surface area contributed by atoms with Gasteiger partial charge in [-0.15, -0.1) is 0 Å². The molecule has 3 N–H and O–H groups in total. The molecule has 0 radical (unpaired) electrons. The summed E-state index contributed by atoms with van der Waals surface area (Å²) in [6.45, 7) is 8.20. The summed E-state index contributed by atoms with van der Waals surface area (Å²) in [7, 11) is 0. The Balaban J connectivity index is 3.06. The van der Waals surface area contributed by atoms with Gasteiger partial charge in [0.25, 0.3) is 0 Å². The van der Waals surface area contributed by atoms with Gasteiger partial charge in [-0.3, -0.25) is 4.79 Å². The number of carboxylic acid groups (broad SMARTS) is 1. The fourth-order valence-corrected chi connectivity index (χ4v) is 2.83. The van der Waals surface area contributed by atoms with Crippen LogP contribution < -0.4 is 10.6 Å². The van der Waals surface area contributed by atoms with E-state index in [0.717, 1.165) is 12.8 Å². The average Bonchev–Trinajstić information content (AvgIpc) is 2.46. The minimum atomic E-state index is -0.928. The zero-order valence-electron chi connectivity index (χ0n) is 13.9. The SMILES string of the molecule is CCN[C@H]1CC(C(=O)O)=C[C@@H](OC(CC)CC)[C@@H]1NC(C)=O. The van der Waals surface area contributed by atoms with E-state index >= 15 is 0 Å². The molecule has 0 unspecified atom stereocenters. The first-order chi connectivity index (χ1) is 10.4. The maximum Gasteiger partial charge on any atom is 0.331 e. The van der Waals surface area contributed by atoms with Crippen LogP contribution in [0.2, 0.25) is 0 Å². The molecular formula is C16H28N2O4. The second kappa shape index (κ2) is 8.90. The first-order valence-corrected chi connectivity index (χ1v) is 8.02. The molecule has 0 bridgehead atoms. The van der Waals surface area contributed by atoms with E-state index in [1.165, 1.54) is 6.92 Å². The summed E-state index contributed by atoms with van der Waals surface area (Å²) in [5.74, 6) is -1.07. The lowest BCUT2D eigenvalue weighted by Gasteiger charge is -2.38. The molecule has 0 saturated carbocycles. The molecule has 0 fully saturated rings. The van der Waals surface area contributed by atoms with Crippen molar-refractivity contribution in [2.24, 2.45) is 0 Å². The van der Waals surface area contributed by atoms with Crippen LogP contribution in [-0.2, 0) is 14.3 Å². The molecule has 0 spiro atoms. The predicted octanol–water partition coefficient (Wildman–Crippen LogP) is 1.46. The second-order valence-corrected chi connectivity index (χ2v) is 5.63.